The number of aromatic amines is 2. The Morgan fingerprint density at radius 3 is 2.42 bits per heavy atom. The topological polar surface area (TPSA) is 103 Å². The number of hydrogen-bond acceptors (Lipinski definition) is 5. The summed E-state index contributed by atoms with van der Waals surface area (Å²) in [4.78, 5) is 8.06. The van der Waals surface area contributed by atoms with E-state index < -0.39 is 6.10 Å². The summed E-state index contributed by atoms with van der Waals surface area (Å²) in [5, 5.41) is 26.3. The number of unbranched alkanes of at least 4 members (excludes halogenated alkanes) is 1. The second kappa shape index (κ2) is 10.8. The number of imidazole rings is 1. The van der Waals surface area contributed by atoms with Crippen LogP contribution in [0.5, 0.6) is 0 Å². The molecule has 2 aromatic heterocycles. The molecule has 0 aliphatic carbocycles. The first-order valence-corrected chi connectivity index (χ1v) is 12.4. The van der Waals surface area contributed by atoms with Gasteiger partial charge in [-0.2, -0.15) is 5.21 Å². The number of hydrogen-bond donors (Lipinski definition) is 3. The predicted octanol–water partition coefficient (Wildman–Crippen LogP) is 6.31. The van der Waals surface area contributed by atoms with Gasteiger partial charge in [0.1, 0.15) is 11.9 Å². The summed E-state index contributed by atoms with van der Waals surface area (Å²) in [5.41, 5.74) is 5.06. The highest BCUT2D eigenvalue weighted by Crippen LogP contribution is 2.42. The minimum atomic E-state index is -0.787. The van der Waals surface area contributed by atoms with Crippen molar-refractivity contribution in [3.8, 4) is 22.5 Å². The van der Waals surface area contributed by atoms with E-state index in [1.54, 1.807) is 6.20 Å². The van der Waals surface area contributed by atoms with Gasteiger partial charge >= 0.3 is 0 Å². The molecule has 5 rings (SSSR count). The van der Waals surface area contributed by atoms with Gasteiger partial charge in [0.05, 0.1) is 16.9 Å². The van der Waals surface area contributed by atoms with E-state index in [2.05, 4.69) is 49.6 Å². The average Bonchev–Trinajstić information content (AvgIpc) is 3.63. The van der Waals surface area contributed by atoms with Crippen molar-refractivity contribution >= 4 is 11.6 Å². The smallest absolute Gasteiger partial charge is 0.206 e. The highest BCUT2D eigenvalue weighted by Gasteiger charge is 2.26. The van der Waals surface area contributed by atoms with Crippen LogP contribution in [0.25, 0.3) is 22.5 Å². The summed E-state index contributed by atoms with van der Waals surface area (Å²) in [6.07, 6.45) is 3.80. The van der Waals surface area contributed by atoms with Gasteiger partial charge in [-0.15, -0.1) is 10.2 Å². The van der Waals surface area contributed by atoms with Crippen molar-refractivity contribution in [1.82, 2.24) is 30.6 Å². The van der Waals surface area contributed by atoms with Crippen LogP contribution in [0.3, 0.4) is 0 Å². The van der Waals surface area contributed by atoms with Gasteiger partial charge in [-0.05, 0) is 33.9 Å². The van der Waals surface area contributed by atoms with E-state index in [0.29, 0.717) is 16.5 Å². The predicted molar refractivity (Wildman–Crippen MR) is 141 cm³/mol. The molecule has 2 atom stereocenters. The Bertz CT molecular complexity index is 1400. The van der Waals surface area contributed by atoms with Gasteiger partial charge < -0.3 is 10.1 Å². The van der Waals surface area contributed by atoms with Crippen molar-refractivity contribution in [2.75, 3.05) is 0 Å². The number of rotatable bonds is 9. The summed E-state index contributed by atoms with van der Waals surface area (Å²) in [6.45, 7) is 2.16. The molecule has 3 aromatic carbocycles. The fourth-order valence-corrected chi connectivity index (χ4v) is 4.92. The number of tetrazole rings is 1. The monoisotopic (exact) mass is 498 g/mol. The van der Waals surface area contributed by atoms with Crippen LogP contribution in [0.15, 0.2) is 79.0 Å². The summed E-state index contributed by atoms with van der Waals surface area (Å²) in [5.74, 6) is 1.11. The van der Waals surface area contributed by atoms with Crippen molar-refractivity contribution in [2.24, 2.45) is 0 Å². The van der Waals surface area contributed by atoms with Crippen LogP contribution >= 0.6 is 11.6 Å². The zero-order chi connectivity index (χ0) is 24.9. The fourth-order valence-electron chi connectivity index (χ4n) is 4.54. The van der Waals surface area contributed by atoms with E-state index in [1.165, 1.54) is 0 Å². The van der Waals surface area contributed by atoms with Crippen molar-refractivity contribution in [2.45, 2.75) is 38.2 Å². The third-order valence-electron chi connectivity index (χ3n) is 6.40. The molecule has 0 saturated carbocycles. The van der Waals surface area contributed by atoms with Gasteiger partial charge in [-0.25, -0.2) is 4.98 Å². The number of aromatic nitrogens is 6. The normalized spacial score (nSPS) is 13.0. The lowest BCUT2D eigenvalue weighted by atomic mass is 9.88. The van der Waals surface area contributed by atoms with Crippen LogP contribution in [-0.2, 0) is 0 Å². The van der Waals surface area contributed by atoms with Crippen molar-refractivity contribution < 1.29 is 5.11 Å². The Balaban J connectivity index is 1.59. The molecular weight excluding hydrogens is 472 g/mol. The zero-order valence-electron chi connectivity index (χ0n) is 19.9. The van der Waals surface area contributed by atoms with Crippen molar-refractivity contribution in [1.29, 1.82) is 0 Å². The van der Waals surface area contributed by atoms with Crippen molar-refractivity contribution in [3.05, 3.63) is 107 Å². The second-order valence-electron chi connectivity index (χ2n) is 8.72. The van der Waals surface area contributed by atoms with E-state index in [9.17, 15) is 5.11 Å². The van der Waals surface area contributed by atoms with Gasteiger partial charge in [0.15, 0.2) is 0 Å². The lowest BCUT2D eigenvalue weighted by Gasteiger charge is -2.20. The van der Waals surface area contributed by atoms with E-state index in [1.807, 2.05) is 60.7 Å². The van der Waals surface area contributed by atoms with Crippen LogP contribution in [0, 0.1) is 0 Å². The van der Waals surface area contributed by atoms with Crippen LogP contribution in [0.2, 0.25) is 5.02 Å². The van der Waals surface area contributed by atoms with Gasteiger partial charge in [-0.1, -0.05) is 104 Å². The molecule has 0 spiro atoms. The van der Waals surface area contributed by atoms with Gasteiger partial charge in [-0.3, -0.25) is 0 Å². The van der Waals surface area contributed by atoms with E-state index in [4.69, 9.17) is 11.6 Å². The average molecular weight is 499 g/mol. The van der Waals surface area contributed by atoms with Gasteiger partial charge in [0.2, 0.25) is 5.82 Å². The lowest BCUT2D eigenvalue weighted by Crippen LogP contribution is -2.07. The Morgan fingerprint density at radius 1 is 0.972 bits per heavy atom. The molecule has 0 aliphatic heterocycles. The number of benzene rings is 3. The second-order valence-corrected chi connectivity index (χ2v) is 9.10. The molecule has 0 saturated heterocycles. The van der Waals surface area contributed by atoms with Gasteiger partial charge in [0, 0.05) is 11.5 Å². The third-order valence-corrected chi connectivity index (χ3v) is 6.81. The quantitative estimate of drug-likeness (QED) is 0.221. The Hall–Kier alpha value is -3.81. The molecule has 0 bridgehead atoms. The summed E-state index contributed by atoms with van der Waals surface area (Å²) in [6, 6.07) is 23.7. The van der Waals surface area contributed by atoms with E-state index in [-0.39, 0.29) is 5.92 Å². The van der Waals surface area contributed by atoms with Crippen LogP contribution in [0.1, 0.15) is 60.9 Å². The molecule has 182 valence electrons. The first-order chi connectivity index (χ1) is 17.7. The Kier molecular flexibility index (Phi) is 7.21. The molecule has 2 heterocycles. The van der Waals surface area contributed by atoms with Crippen LogP contribution in [-0.4, -0.2) is 35.7 Å². The minimum absolute atomic E-state index is 0.0929. The van der Waals surface area contributed by atoms with Crippen molar-refractivity contribution in [3.63, 3.8) is 0 Å². The fraction of sp³-hybridized carbons (Fsp3) is 0.214. The number of nitrogens with zero attached hydrogens (tertiary/aromatic N) is 4. The molecule has 8 heteroatoms. The maximum Gasteiger partial charge on any atom is 0.206 e. The Labute approximate surface area is 214 Å². The molecular formula is C28H27ClN6O. The molecule has 0 radical (unpaired) electrons. The third kappa shape index (κ3) is 4.80. The molecule has 0 aliphatic rings. The SMILES string of the molecule is CCCCC(c1ncc(C(O)c2ccccc2)[nH]1)c1ccc(-c2ccccc2)c(-c2nn[nH]n2)c1Cl. The number of aliphatic hydroxyl groups is 1. The standard InChI is InChI=1S/C28H27ClN6O/c1-2-3-14-22(27-30-17-23(31-27)26(36)19-12-8-5-9-13-19)21-16-15-20(18-10-6-4-7-11-18)24(25(21)29)28-32-34-35-33-28/h4-13,15-17,22,26,36H,2-3,14H2,1H3,(H,30,31)(H,32,33,34,35). The molecule has 7 nitrogen and oxygen atoms in total. The van der Waals surface area contributed by atoms with Gasteiger partial charge in [0.25, 0.3) is 0 Å². The highest BCUT2D eigenvalue weighted by molar-refractivity contribution is 6.34. The molecule has 3 N–H and O–H groups in total. The number of H-pyrrole nitrogens is 2. The van der Waals surface area contributed by atoms with E-state index >= 15 is 0 Å². The lowest BCUT2D eigenvalue weighted by molar-refractivity contribution is 0.215. The van der Waals surface area contributed by atoms with E-state index in [0.717, 1.165) is 52.9 Å². The minimum Gasteiger partial charge on any atom is -0.382 e. The first kappa shape index (κ1) is 23.9. The summed E-state index contributed by atoms with van der Waals surface area (Å²) < 4.78 is 0. The highest BCUT2D eigenvalue weighted by atomic mass is 35.5. The molecule has 0 amide bonds. The largest absolute Gasteiger partial charge is 0.382 e. The summed E-state index contributed by atoms with van der Waals surface area (Å²) >= 11 is 7.13. The zero-order valence-corrected chi connectivity index (χ0v) is 20.7. The molecule has 5 aromatic rings. The maximum absolute atomic E-state index is 10.9. The Morgan fingerprint density at radius 2 is 1.72 bits per heavy atom. The maximum atomic E-state index is 10.9. The molecule has 0 fully saturated rings. The number of aliphatic hydroxyl groups excluding tert-OH is 1. The molecule has 2 unspecified atom stereocenters. The van der Waals surface area contributed by atoms with Crippen LogP contribution < -0.4 is 0 Å². The summed E-state index contributed by atoms with van der Waals surface area (Å²) in [7, 11) is 0. The van der Waals surface area contributed by atoms with Crippen LogP contribution in [0.4, 0.5) is 0 Å². The number of nitrogens with one attached hydrogen (secondary N) is 2. The molecule has 36 heavy (non-hydrogen) atoms. The number of halogens is 1. The first-order valence-electron chi connectivity index (χ1n) is 12.1.